The van der Waals surface area contributed by atoms with Crippen molar-refractivity contribution in [2.45, 2.75) is 6.42 Å². The number of nitrogens with one attached hydrogen (secondary N) is 1. The number of amides is 2. The number of nitrogens with zero attached hydrogens (tertiary/aromatic N) is 2. The molecule has 0 bridgehead atoms. The zero-order valence-corrected chi connectivity index (χ0v) is 18.9. The van der Waals surface area contributed by atoms with Crippen molar-refractivity contribution in [2.75, 3.05) is 60.6 Å². The van der Waals surface area contributed by atoms with E-state index < -0.39 is 0 Å². The van der Waals surface area contributed by atoms with Crippen LogP contribution in [0, 0.1) is 0 Å². The van der Waals surface area contributed by atoms with E-state index in [0.29, 0.717) is 43.1 Å². The number of carbonyl (C=O) groups excluding carboxylic acids is 2. The van der Waals surface area contributed by atoms with Crippen molar-refractivity contribution < 1.29 is 23.8 Å². The topological polar surface area (TPSA) is 80.3 Å². The normalized spacial score (nSPS) is 14.0. The molecule has 0 unspecified atom stereocenters. The average Bonchev–Trinajstić information content (AvgIpc) is 2.84. The first kappa shape index (κ1) is 23.4. The summed E-state index contributed by atoms with van der Waals surface area (Å²) in [6, 6.07) is 12.6. The van der Waals surface area contributed by atoms with Crippen LogP contribution in [0.4, 0.5) is 0 Å². The SMILES string of the molecule is COc1ccc(C(=O)NCCN2CCN(C(=O)Cc3ccc(OC)c(OC)c3)CC2)cc1. The molecular formula is C24H31N3O5. The van der Waals surface area contributed by atoms with Crippen molar-refractivity contribution in [2.24, 2.45) is 0 Å². The molecule has 2 aromatic rings. The van der Waals surface area contributed by atoms with Gasteiger partial charge in [0, 0.05) is 44.8 Å². The lowest BCUT2D eigenvalue weighted by molar-refractivity contribution is -0.132. The van der Waals surface area contributed by atoms with Gasteiger partial charge < -0.3 is 24.4 Å². The zero-order chi connectivity index (χ0) is 22.9. The summed E-state index contributed by atoms with van der Waals surface area (Å²) in [5.74, 6) is 2.00. The molecule has 3 rings (SSSR count). The number of rotatable bonds is 9. The number of hydrogen-bond donors (Lipinski definition) is 1. The zero-order valence-electron chi connectivity index (χ0n) is 18.9. The molecular weight excluding hydrogens is 410 g/mol. The molecule has 1 saturated heterocycles. The summed E-state index contributed by atoms with van der Waals surface area (Å²) in [4.78, 5) is 29.1. The van der Waals surface area contributed by atoms with Crippen molar-refractivity contribution in [3.05, 3.63) is 53.6 Å². The van der Waals surface area contributed by atoms with E-state index in [1.54, 1.807) is 45.6 Å². The van der Waals surface area contributed by atoms with Gasteiger partial charge in [-0.2, -0.15) is 0 Å². The fraction of sp³-hybridized carbons (Fsp3) is 0.417. The standard InChI is InChI=1S/C24H31N3O5/c1-30-20-7-5-19(6-8-20)24(29)25-10-11-26-12-14-27(15-13-26)23(28)17-18-4-9-21(31-2)22(16-18)32-3/h4-9,16H,10-15,17H2,1-3H3,(H,25,29). The van der Waals surface area contributed by atoms with E-state index in [4.69, 9.17) is 14.2 Å². The van der Waals surface area contributed by atoms with Gasteiger partial charge in [-0.05, 0) is 42.0 Å². The molecule has 0 atom stereocenters. The van der Waals surface area contributed by atoms with Crippen molar-refractivity contribution >= 4 is 11.8 Å². The molecule has 2 aromatic carbocycles. The van der Waals surface area contributed by atoms with Crippen LogP contribution < -0.4 is 19.5 Å². The van der Waals surface area contributed by atoms with Gasteiger partial charge in [0.15, 0.2) is 11.5 Å². The molecule has 0 saturated carbocycles. The van der Waals surface area contributed by atoms with Gasteiger partial charge in [-0.3, -0.25) is 14.5 Å². The fourth-order valence-corrected chi connectivity index (χ4v) is 3.67. The van der Waals surface area contributed by atoms with E-state index in [1.165, 1.54) is 0 Å². The summed E-state index contributed by atoms with van der Waals surface area (Å²) in [5.41, 5.74) is 1.51. The van der Waals surface area contributed by atoms with Crippen LogP contribution in [0.3, 0.4) is 0 Å². The first-order valence-electron chi connectivity index (χ1n) is 10.7. The van der Waals surface area contributed by atoms with Crippen LogP contribution in [0.1, 0.15) is 15.9 Å². The number of ether oxygens (including phenoxy) is 3. The second-order valence-corrected chi connectivity index (χ2v) is 7.57. The molecule has 8 nitrogen and oxygen atoms in total. The van der Waals surface area contributed by atoms with Gasteiger partial charge in [-0.25, -0.2) is 0 Å². The Morgan fingerprint density at radius 1 is 0.875 bits per heavy atom. The summed E-state index contributed by atoms with van der Waals surface area (Å²) in [6.07, 6.45) is 0.332. The molecule has 2 amide bonds. The minimum absolute atomic E-state index is 0.101. The average molecular weight is 442 g/mol. The number of piperazine rings is 1. The van der Waals surface area contributed by atoms with Gasteiger partial charge in [0.1, 0.15) is 5.75 Å². The molecule has 32 heavy (non-hydrogen) atoms. The Kier molecular flexibility index (Phi) is 8.33. The predicted molar refractivity (Wildman–Crippen MR) is 122 cm³/mol. The Balaban J connectivity index is 1.39. The minimum Gasteiger partial charge on any atom is -0.497 e. The maximum atomic E-state index is 12.7. The Morgan fingerprint density at radius 3 is 2.19 bits per heavy atom. The van der Waals surface area contributed by atoms with Gasteiger partial charge in [0.2, 0.25) is 5.91 Å². The lowest BCUT2D eigenvalue weighted by Gasteiger charge is -2.34. The molecule has 172 valence electrons. The molecule has 1 N–H and O–H groups in total. The summed E-state index contributed by atoms with van der Waals surface area (Å²) in [7, 11) is 4.77. The van der Waals surface area contributed by atoms with Crippen LogP contribution in [0.5, 0.6) is 17.2 Å². The monoisotopic (exact) mass is 441 g/mol. The Labute approximate surface area is 189 Å². The van der Waals surface area contributed by atoms with Crippen LogP contribution in [0.25, 0.3) is 0 Å². The van der Waals surface area contributed by atoms with Crippen LogP contribution >= 0.6 is 0 Å². The first-order chi connectivity index (χ1) is 15.5. The van der Waals surface area contributed by atoms with E-state index in [9.17, 15) is 9.59 Å². The molecule has 0 aliphatic carbocycles. The second-order valence-electron chi connectivity index (χ2n) is 7.57. The quantitative estimate of drug-likeness (QED) is 0.640. The van der Waals surface area contributed by atoms with E-state index in [2.05, 4.69) is 10.2 Å². The van der Waals surface area contributed by atoms with Crippen molar-refractivity contribution in [1.29, 1.82) is 0 Å². The van der Waals surface area contributed by atoms with Crippen LogP contribution in [-0.4, -0.2) is 82.2 Å². The Morgan fingerprint density at radius 2 is 1.56 bits per heavy atom. The van der Waals surface area contributed by atoms with E-state index in [-0.39, 0.29) is 11.8 Å². The smallest absolute Gasteiger partial charge is 0.251 e. The highest BCUT2D eigenvalue weighted by Gasteiger charge is 2.21. The summed E-state index contributed by atoms with van der Waals surface area (Å²) >= 11 is 0. The van der Waals surface area contributed by atoms with Crippen LogP contribution in [-0.2, 0) is 11.2 Å². The molecule has 1 aliphatic heterocycles. The van der Waals surface area contributed by atoms with Gasteiger partial charge in [-0.15, -0.1) is 0 Å². The van der Waals surface area contributed by atoms with E-state index in [0.717, 1.165) is 30.9 Å². The second kappa shape index (κ2) is 11.4. The Hall–Kier alpha value is -3.26. The number of methoxy groups -OCH3 is 3. The van der Waals surface area contributed by atoms with Gasteiger partial charge in [0.05, 0.1) is 27.8 Å². The maximum Gasteiger partial charge on any atom is 0.251 e. The van der Waals surface area contributed by atoms with Gasteiger partial charge in [-0.1, -0.05) is 6.07 Å². The predicted octanol–water partition coefficient (Wildman–Crippen LogP) is 1.83. The van der Waals surface area contributed by atoms with Crippen LogP contribution in [0.2, 0.25) is 0 Å². The van der Waals surface area contributed by atoms with Crippen molar-refractivity contribution in [1.82, 2.24) is 15.1 Å². The first-order valence-corrected chi connectivity index (χ1v) is 10.7. The molecule has 1 heterocycles. The number of hydrogen-bond acceptors (Lipinski definition) is 6. The summed E-state index contributed by atoms with van der Waals surface area (Å²) in [6.45, 7) is 4.24. The van der Waals surface area contributed by atoms with Crippen LogP contribution in [0.15, 0.2) is 42.5 Å². The molecule has 0 aromatic heterocycles. The number of carbonyl (C=O) groups is 2. The summed E-state index contributed by atoms with van der Waals surface area (Å²) in [5, 5.41) is 2.95. The third-order valence-electron chi connectivity index (χ3n) is 5.59. The van der Waals surface area contributed by atoms with E-state index >= 15 is 0 Å². The third-order valence-corrected chi connectivity index (χ3v) is 5.59. The summed E-state index contributed by atoms with van der Waals surface area (Å²) < 4.78 is 15.7. The fourth-order valence-electron chi connectivity index (χ4n) is 3.67. The Bertz CT molecular complexity index is 908. The molecule has 8 heteroatoms. The van der Waals surface area contributed by atoms with Crippen molar-refractivity contribution in [3.8, 4) is 17.2 Å². The van der Waals surface area contributed by atoms with Gasteiger partial charge >= 0.3 is 0 Å². The molecule has 0 spiro atoms. The molecule has 1 fully saturated rings. The largest absolute Gasteiger partial charge is 0.497 e. The van der Waals surface area contributed by atoms with Gasteiger partial charge in [0.25, 0.3) is 5.91 Å². The number of benzene rings is 2. The minimum atomic E-state index is -0.101. The lowest BCUT2D eigenvalue weighted by atomic mass is 10.1. The highest BCUT2D eigenvalue weighted by Crippen LogP contribution is 2.27. The maximum absolute atomic E-state index is 12.7. The molecule has 0 radical (unpaired) electrons. The third kappa shape index (κ3) is 6.13. The van der Waals surface area contributed by atoms with Crippen molar-refractivity contribution in [3.63, 3.8) is 0 Å². The van der Waals surface area contributed by atoms with E-state index in [1.807, 2.05) is 23.1 Å². The highest BCUT2D eigenvalue weighted by atomic mass is 16.5. The lowest BCUT2D eigenvalue weighted by Crippen LogP contribution is -2.50. The molecule has 1 aliphatic rings. The highest BCUT2D eigenvalue weighted by molar-refractivity contribution is 5.94.